The molecule has 1 saturated heterocycles. The molecule has 1 aromatic carbocycles. The maximum Gasteiger partial charge on any atom is 0.193 e. The summed E-state index contributed by atoms with van der Waals surface area (Å²) in [5.74, 6) is 1.74. The van der Waals surface area contributed by atoms with E-state index in [0.717, 1.165) is 43.5 Å². The van der Waals surface area contributed by atoms with Gasteiger partial charge in [0.15, 0.2) is 15.8 Å². The van der Waals surface area contributed by atoms with Gasteiger partial charge in [-0.2, -0.15) is 0 Å². The van der Waals surface area contributed by atoms with Crippen LogP contribution in [0.4, 0.5) is 5.82 Å². The number of hydrogen-bond donors (Lipinski definition) is 1. The quantitative estimate of drug-likeness (QED) is 0.565. The fourth-order valence-electron chi connectivity index (χ4n) is 3.60. The molecule has 8 heteroatoms. The van der Waals surface area contributed by atoms with Crippen LogP contribution < -0.4 is 10.2 Å². The molecule has 168 valence electrons. The minimum absolute atomic E-state index is 0.00304. The molecule has 31 heavy (non-hydrogen) atoms. The highest BCUT2D eigenvalue weighted by Crippen LogP contribution is 2.23. The highest BCUT2D eigenvalue weighted by atomic mass is 32.2. The van der Waals surface area contributed by atoms with Crippen molar-refractivity contribution in [1.29, 1.82) is 0 Å². The Bertz CT molecular complexity index is 975. The molecule has 0 aliphatic carbocycles. The van der Waals surface area contributed by atoms with Crippen molar-refractivity contribution >= 4 is 21.6 Å². The number of hydrogen-bond acceptors (Lipinski definition) is 5. The first-order valence-electron chi connectivity index (χ1n) is 10.7. The number of sulfone groups is 1. The van der Waals surface area contributed by atoms with Crippen LogP contribution in [0.25, 0.3) is 0 Å². The Balaban J connectivity index is 1.52. The Labute approximate surface area is 186 Å². The van der Waals surface area contributed by atoms with Gasteiger partial charge in [-0.25, -0.2) is 13.4 Å². The van der Waals surface area contributed by atoms with Crippen molar-refractivity contribution in [3.05, 3.63) is 54.2 Å². The average molecular weight is 444 g/mol. The van der Waals surface area contributed by atoms with Gasteiger partial charge in [-0.1, -0.05) is 39.0 Å². The number of anilines is 1. The van der Waals surface area contributed by atoms with E-state index in [1.165, 1.54) is 0 Å². The highest BCUT2D eigenvalue weighted by molar-refractivity contribution is 7.91. The summed E-state index contributed by atoms with van der Waals surface area (Å²) in [6.07, 6.45) is 1.80. The second-order valence-corrected chi connectivity index (χ2v) is 10.8. The van der Waals surface area contributed by atoms with E-state index < -0.39 is 9.84 Å². The molecule has 1 aliphatic heterocycles. The van der Waals surface area contributed by atoms with Gasteiger partial charge < -0.3 is 15.1 Å². The largest absolute Gasteiger partial charge is 0.355 e. The molecule has 1 N–H and O–H groups in total. The molecule has 7 nitrogen and oxygen atoms in total. The lowest BCUT2D eigenvalue weighted by molar-refractivity contribution is 0.372. The van der Waals surface area contributed by atoms with Gasteiger partial charge in [0.05, 0.1) is 10.6 Å². The monoisotopic (exact) mass is 443 g/mol. The van der Waals surface area contributed by atoms with Crippen LogP contribution in [0.15, 0.2) is 58.5 Å². The Morgan fingerprint density at radius 1 is 1.06 bits per heavy atom. The van der Waals surface area contributed by atoms with Crippen LogP contribution in [-0.4, -0.2) is 69.8 Å². The summed E-state index contributed by atoms with van der Waals surface area (Å²) in [6, 6.07) is 13.1. The third kappa shape index (κ3) is 5.97. The van der Waals surface area contributed by atoms with E-state index in [1.54, 1.807) is 25.4 Å². The molecular formula is C23H33N5O2S. The smallest absolute Gasteiger partial charge is 0.193 e. The zero-order chi connectivity index (χ0) is 22.5. The molecule has 0 radical (unpaired) electrons. The Hall–Kier alpha value is -2.61. The van der Waals surface area contributed by atoms with Crippen molar-refractivity contribution in [2.75, 3.05) is 50.4 Å². The van der Waals surface area contributed by atoms with Gasteiger partial charge in [0.25, 0.3) is 0 Å². The highest BCUT2D eigenvalue weighted by Gasteiger charge is 2.21. The molecule has 1 fully saturated rings. The first-order chi connectivity index (χ1) is 14.7. The normalized spacial score (nSPS) is 15.8. The maximum absolute atomic E-state index is 12.7. The molecule has 0 bridgehead atoms. The molecule has 0 spiro atoms. The standard InChI is InChI=1S/C23H33N5O2S/c1-23(2,3)19-8-10-20(11-9-19)31(29,30)18-13-26-22(24-4)28-16-14-27(15-17-28)21-7-5-6-12-25-21/h5-12H,13-18H2,1-4H3,(H,24,26). The van der Waals surface area contributed by atoms with E-state index in [0.29, 0.717) is 11.4 Å². The fraction of sp³-hybridized carbons (Fsp3) is 0.478. The van der Waals surface area contributed by atoms with E-state index >= 15 is 0 Å². The zero-order valence-corrected chi connectivity index (χ0v) is 19.7. The second-order valence-electron chi connectivity index (χ2n) is 8.73. The van der Waals surface area contributed by atoms with Crippen LogP contribution in [0.1, 0.15) is 26.3 Å². The molecule has 3 rings (SSSR count). The predicted octanol–water partition coefficient (Wildman–Crippen LogP) is 2.55. The van der Waals surface area contributed by atoms with Gasteiger partial charge in [-0.05, 0) is 35.2 Å². The van der Waals surface area contributed by atoms with Gasteiger partial charge in [0.2, 0.25) is 0 Å². The van der Waals surface area contributed by atoms with Crippen molar-refractivity contribution in [3.63, 3.8) is 0 Å². The van der Waals surface area contributed by atoms with Crippen LogP contribution in [0.5, 0.6) is 0 Å². The number of pyridine rings is 1. The summed E-state index contributed by atoms with van der Waals surface area (Å²) in [5.41, 5.74) is 1.12. The molecule has 0 atom stereocenters. The molecule has 2 aromatic rings. The van der Waals surface area contributed by atoms with E-state index in [2.05, 4.69) is 45.9 Å². The number of guanidine groups is 1. The maximum atomic E-state index is 12.7. The third-order valence-corrected chi connectivity index (χ3v) is 7.23. The number of piperazine rings is 1. The molecule has 1 aromatic heterocycles. The summed E-state index contributed by atoms with van der Waals surface area (Å²) in [5, 5.41) is 3.22. The minimum atomic E-state index is -3.35. The fourth-order valence-corrected chi connectivity index (χ4v) is 4.76. The van der Waals surface area contributed by atoms with Crippen molar-refractivity contribution in [2.45, 2.75) is 31.1 Å². The van der Waals surface area contributed by atoms with E-state index in [-0.39, 0.29) is 11.2 Å². The molecular weight excluding hydrogens is 410 g/mol. The van der Waals surface area contributed by atoms with Crippen molar-refractivity contribution in [2.24, 2.45) is 4.99 Å². The van der Waals surface area contributed by atoms with E-state index in [9.17, 15) is 8.42 Å². The lowest BCUT2D eigenvalue weighted by Crippen LogP contribution is -2.53. The molecule has 1 aliphatic rings. The topological polar surface area (TPSA) is 77.9 Å². The van der Waals surface area contributed by atoms with Crippen molar-refractivity contribution < 1.29 is 8.42 Å². The predicted molar refractivity (Wildman–Crippen MR) is 127 cm³/mol. The van der Waals surface area contributed by atoms with Crippen LogP contribution in [0.2, 0.25) is 0 Å². The summed E-state index contributed by atoms with van der Waals surface area (Å²) in [7, 11) is -1.63. The van der Waals surface area contributed by atoms with Crippen molar-refractivity contribution in [1.82, 2.24) is 15.2 Å². The van der Waals surface area contributed by atoms with Crippen LogP contribution in [-0.2, 0) is 15.3 Å². The number of rotatable bonds is 5. The summed E-state index contributed by atoms with van der Waals surface area (Å²) in [6.45, 7) is 9.95. The first-order valence-corrected chi connectivity index (χ1v) is 12.3. The molecule has 2 heterocycles. The van der Waals surface area contributed by atoms with Gasteiger partial charge >= 0.3 is 0 Å². The van der Waals surface area contributed by atoms with Gasteiger partial charge in [0.1, 0.15) is 5.82 Å². The molecule has 0 amide bonds. The molecule has 0 saturated carbocycles. The van der Waals surface area contributed by atoms with Crippen LogP contribution in [0.3, 0.4) is 0 Å². The summed E-state index contributed by atoms with van der Waals surface area (Å²) >= 11 is 0. The number of aliphatic imine (C=N–C) groups is 1. The van der Waals surface area contributed by atoms with Crippen LogP contribution in [0, 0.1) is 0 Å². The Kier molecular flexibility index (Phi) is 7.20. The summed E-state index contributed by atoms with van der Waals surface area (Å²) in [4.78, 5) is 13.5. The first kappa shape index (κ1) is 23.1. The SMILES string of the molecule is CN=C(NCCS(=O)(=O)c1ccc(C(C)(C)C)cc1)N1CCN(c2ccccn2)CC1. The second kappa shape index (κ2) is 9.68. The molecule has 0 unspecified atom stereocenters. The van der Waals surface area contributed by atoms with Crippen LogP contribution >= 0.6 is 0 Å². The lowest BCUT2D eigenvalue weighted by atomic mass is 9.87. The van der Waals surface area contributed by atoms with E-state index in [1.807, 2.05) is 30.3 Å². The Morgan fingerprint density at radius 2 is 1.74 bits per heavy atom. The third-order valence-electron chi connectivity index (χ3n) is 5.50. The van der Waals surface area contributed by atoms with Crippen molar-refractivity contribution in [3.8, 4) is 0 Å². The van der Waals surface area contributed by atoms with Gasteiger partial charge in [-0.3, -0.25) is 4.99 Å². The Morgan fingerprint density at radius 3 is 2.29 bits per heavy atom. The minimum Gasteiger partial charge on any atom is -0.355 e. The zero-order valence-electron chi connectivity index (χ0n) is 18.9. The number of nitrogens with one attached hydrogen (secondary N) is 1. The van der Waals surface area contributed by atoms with Gasteiger partial charge in [0, 0.05) is 46.0 Å². The van der Waals surface area contributed by atoms with E-state index in [4.69, 9.17) is 0 Å². The average Bonchev–Trinajstić information content (AvgIpc) is 2.77. The summed E-state index contributed by atoms with van der Waals surface area (Å²) < 4.78 is 25.5. The lowest BCUT2D eigenvalue weighted by Gasteiger charge is -2.37. The number of aromatic nitrogens is 1. The van der Waals surface area contributed by atoms with Gasteiger partial charge in [-0.15, -0.1) is 0 Å². The number of benzene rings is 1. The number of nitrogens with zero attached hydrogens (tertiary/aromatic N) is 4.